The van der Waals surface area contributed by atoms with Crippen LogP contribution in [0, 0.1) is 0 Å². The molecule has 108 valence electrons. The smallest absolute Gasteiger partial charge is 0.415 e. The Balaban J connectivity index is 2.64. The molecule has 19 heavy (non-hydrogen) atoms. The van der Waals surface area contributed by atoms with Gasteiger partial charge in [-0.3, -0.25) is 4.90 Å². The highest BCUT2D eigenvalue weighted by Crippen LogP contribution is 2.20. The molecule has 0 aliphatic carbocycles. The molecule has 1 aliphatic rings. The van der Waals surface area contributed by atoms with Gasteiger partial charge in [-0.2, -0.15) is 0 Å². The summed E-state index contributed by atoms with van der Waals surface area (Å²) in [5.41, 5.74) is 0. The number of amides is 1. The van der Waals surface area contributed by atoms with Crippen molar-refractivity contribution in [2.45, 2.75) is 51.3 Å². The fourth-order valence-corrected chi connectivity index (χ4v) is 2.23. The van der Waals surface area contributed by atoms with E-state index in [0.717, 1.165) is 12.8 Å². The summed E-state index contributed by atoms with van der Waals surface area (Å²) in [5.74, 6) is 0.367. The lowest BCUT2D eigenvalue weighted by Crippen LogP contribution is -2.37. The lowest BCUT2D eigenvalue weighted by molar-refractivity contribution is 0.133. The van der Waals surface area contributed by atoms with Crippen molar-refractivity contribution in [1.82, 2.24) is 4.90 Å². The van der Waals surface area contributed by atoms with Gasteiger partial charge in [0.15, 0.2) is 0 Å². The third-order valence-corrected chi connectivity index (χ3v) is 4.01. The first kappa shape index (κ1) is 16.0. The molecule has 1 saturated heterocycles. The molecule has 1 aliphatic heterocycles. The minimum atomic E-state index is -1.30. The largest absolute Gasteiger partial charge is 0.591 e. The van der Waals surface area contributed by atoms with Gasteiger partial charge < -0.3 is 9.29 Å². The normalized spacial score (nSPS) is 21.7. The zero-order chi connectivity index (χ0) is 14.6. The van der Waals surface area contributed by atoms with Crippen molar-refractivity contribution in [3.05, 3.63) is 12.3 Å². The Kier molecular flexibility index (Phi) is 5.43. The molecule has 5 nitrogen and oxygen atoms in total. The minimum absolute atomic E-state index is 0.141. The molecule has 0 spiro atoms. The van der Waals surface area contributed by atoms with E-state index in [9.17, 15) is 9.35 Å². The highest BCUT2D eigenvalue weighted by atomic mass is 32.2. The van der Waals surface area contributed by atoms with Gasteiger partial charge in [0.1, 0.15) is 16.1 Å². The fraction of sp³-hybridized carbons (Fsp3) is 0.692. The summed E-state index contributed by atoms with van der Waals surface area (Å²) in [6, 6.07) is -0.141. The molecule has 1 unspecified atom stereocenters. The molecule has 1 fully saturated rings. The minimum Gasteiger partial charge on any atom is -0.591 e. The van der Waals surface area contributed by atoms with Crippen LogP contribution in [0.25, 0.3) is 0 Å². The number of likely N-dealkylation sites (tertiary alicyclic amines) is 1. The molecule has 0 aromatic carbocycles. The van der Waals surface area contributed by atoms with Crippen molar-refractivity contribution in [2.24, 2.45) is 4.40 Å². The van der Waals surface area contributed by atoms with Crippen LogP contribution in [-0.4, -0.2) is 39.1 Å². The second kappa shape index (κ2) is 6.43. The van der Waals surface area contributed by atoms with Gasteiger partial charge in [0.05, 0.1) is 18.0 Å². The van der Waals surface area contributed by atoms with Crippen LogP contribution in [0.15, 0.2) is 16.7 Å². The number of ether oxygens (including phenoxy) is 1. The number of allylic oxidation sites excluding steroid dienone is 1. The third kappa shape index (κ3) is 4.87. The van der Waals surface area contributed by atoms with Gasteiger partial charge >= 0.3 is 6.09 Å². The Morgan fingerprint density at radius 3 is 2.74 bits per heavy atom. The molecule has 1 heterocycles. The molecular formula is C13H22N2O3S. The van der Waals surface area contributed by atoms with Crippen LogP contribution in [0.3, 0.4) is 0 Å². The van der Waals surface area contributed by atoms with Crippen molar-refractivity contribution < 1.29 is 14.1 Å². The highest BCUT2D eigenvalue weighted by Gasteiger charge is 2.31. The Labute approximate surface area is 118 Å². The standard InChI is InChI=1S/C13H22N2O3S/c1-10(2)18-12(16)15-8-6-7-11(15)9-14-19(17)13(3,4)5/h9,11H,1,6-8H2,2-5H3/b14-9+/t11-,19?/m0/s1. The van der Waals surface area contributed by atoms with E-state index in [1.54, 1.807) is 18.0 Å². The Morgan fingerprint density at radius 1 is 1.58 bits per heavy atom. The van der Waals surface area contributed by atoms with Crippen LogP contribution in [0.2, 0.25) is 0 Å². The number of rotatable bonds is 3. The van der Waals surface area contributed by atoms with Gasteiger partial charge in [-0.25, -0.2) is 4.79 Å². The Bertz CT molecular complexity index is 377. The summed E-state index contributed by atoms with van der Waals surface area (Å²) in [5, 5.41) is 0. The van der Waals surface area contributed by atoms with Crippen molar-refractivity contribution >= 4 is 23.7 Å². The molecule has 0 radical (unpaired) electrons. The average Bonchev–Trinajstić information content (AvgIpc) is 2.71. The summed E-state index contributed by atoms with van der Waals surface area (Å²) < 4.78 is 20.5. The number of hydrogen-bond donors (Lipinski definition) is 0. The van der Waals surface area contributed by atoms with E-state index in [0.29, 0.717) is 12.3 Å². The maximum Gasteiger partial charge on any atom is 0.415 e. The van der Waals surface area contributed by atoms with Gasteiger partial charge in [0.25, 0.3) is 0 Å². The number of hydrogen-bond acceptors (Lipinski definition) is 4. The number of carbonyl (C=O) groups excluding carboxylic acids is 1. The first-order valence-corrected chi connectivity index (χ1v) is 7.42. The average molecular weight is 286 g/mol. The first-order chi connectivity index (χ1) is 8.71. The highest BCUT2D eigenvalue weighted by molar-refractivity contribution is 7.91. The quantitative estimate of drug-likeness (QED) is 0.455. The van der Waals surface area contributed by atoms with Crippen LogP contribution in [0.4, 0.5) is 4.79 Å². The Hall–Kier alpha value is -1.01. The monoisotopic (exact) mass is 286 g/mol. The van der Waals surface area contributed by atoms with Crippen LogP contribution in [0.1, 0.15) is 40.5 Å². The fourth-order valence-electron chi connectivity index (χ4n) is 1.67. The molecule has 0 saturated carbocycles. The zero-order valence-corrected chi connectivity index (χ0v) is 12.8. The predicted molar refractivity (Wildman–Crippen MR) is 77.4 cm³/mol. The van der Waals surface area contributed by atoms with E-state index in [1.807, 2.05) is 20.8 Å². The number of nitrogens with zero attached hydrogens (tertiary/aromatic N) is 2. The summed E-state index contributed by atoms with van der Waals surface area (Å²) >= 11 is -1.30. The topological polar surface area (TPSA) is 65.0 Å². The van der Waals surface area contributed by atoms with E-state index in [1.165, 1.54) is 0 Å². The molecular weight excluding hydrogens is 264 g/mol. The molecule has 1 amide bonds. The van der Waals surface area contributed by atoms with E-state index in [-0.39, 0.29) is 6.04 Å². The van der Waals surface area contributed by atoms with Crippen molar-refractivity contribution in [3.63, 3.8) is 0 Å². The van der Waals surface area contributed by atoms with Crippen LogP contribution >= 0.6 is 0 Å². The van der Waals surface area contributed by atoms with Crippen LogP contribution in [-0.2, 0) is 16.1 Å². The summed E-state index contributed by atoms with van der Waals surface area (Å²) in [6.07, 6.45) is 2.90. The van der Waals surface area contributed by atoms with E-state index < -0.39 is 22.2 Å². The lowest BCUT2D eigenvalue weighted by Gasteiger charge is -2.22. The Morgan fingerprint density at radius 2 is 2.21 bits per heavy atom. The van der Waals surface area contributed by atoms with Crippen LogP contribution in [0.5, 0.6) is 0 Å². The van der Waals surface area contributed by atoms with E-state index in [2.05, 4.69) is 11.0 Å². The molecule has 0 aromatic rings. The first-order valence-electron chi connectivity index (χ1n) is 6.32. The zero-order valence-electron chi connectivity index (χ0n) is 12.0. The summed E-state index contributed by atoms with van der Waals surface area (Å²) in [4.78, 5) is 13.4. The van der Waals surface area contributed by atoms with Crippen molar-refractivity contribution in [3.8, 4) is 0 Å². The SMILES string of the molecule is C=C(C)OC(=O)N1CCC[C@H]1/C=N/[S+]([O-])C(C)(C)C. The van der Waals surface area contributed by atoms with Gasteiger partial charge in [-0.15, -0.1) is 0 Å². The second-order valence-electron chi connectivity index (χ2n) is 5.59. The third-order valence-electron chi connectivity index (χ3n) is 2.65. The maximum atomic E-state index is 11.8. The molecule has 6 heteroatoms. The molecule has 1 rings (SSSR count). The maximum absolute atomic E-state index is 11.8. The van der Waals surface area contributed by atoms with Gasteiger partial charge in [-0.05, 0) is 40.5 Å². The van der Waals surface area contributed by atoms with Crippen LogP contribution < -0.4 is 0 Å². The van der Waals surface area contributed by atoms with Gasteiger partial charge in [0, 0.05) is 6.54 Å². The molecule has 0 bridgehead atoms. The predicted octanol–water partition coefficient (Wildman–Crippen LogP) is 2.65. The summed E-state index contributed by atoms with van der Waals surface area (Å²) in [6.45, 7) is 11.4. The number of carbonyl (C=O) groups is 1. The van der Waals surface area contributed by atoms with E-state index >= 15 is 0 Å². The lowest BCUT2D eigenvalue weighted by atomic mass is 10.2. The second-order valence-corrected chi connectivity index (χ2v) is 7.52. The summed E-state index contributed by atoms with van der Waals surface area (Å²) in [7, 11) is 0. The van der Waals surface area contributed by atoms with Gasteiger partial charge in [0.2, 0.25) is 0 Å². The van der Waals surface area contributed by atoms with Gasteiger partial charge in [-0.1, -0.05) is 11.0 Å². The molecule has 2 atom stereocenters. The molecule has 0 aromatic heterocycles. The van der Waals surface area contributed by atoms with Crippen molar-refractivity contribution in [1.29, 1.82) is 0 Å². The van der Waals surface area contributed by atoms with Crippen molar-refractivity contribution in [2.75, 3.05) is 6.54 Å². The molecule has 0 N–H and O–H groups in total. The van der Waals surface area contributed by atoms with E-state index in [4.69, 9.17) is 4.74 Å².